The number of carbonyl (C=O) groups excluding carboxylic acids is 1. The van der Waals surface area contributed by atoms with Gasteiger partial charge in [0.05, 0.1) is 6.42 Å². The average molecular weight is 267 g/mol. The molecule has 0 saturated carbocycles. The second-order valence-corrected chi connectivity index (χ2v) is 5.23. The Morgan fingerprint density at radius 1 is 1.28 bits per heavy atom. The summed E-state index contributed by atoms with van der Waals surface area (Å²) in [6.45, 7) is 1.82. The monoisotopic (exact) mass is 267 g/mol. The molecule has 0 heterocycles. The first-order valence-corrected chi connectivity index (χ1v) is 6.69. The highest BCUT2D eigenvalue weighted by molar-refractivity contribution is 7.99. The van der Waals surface area contributed by atoms with Gasteiger partial charge < -0.3 is 10.0 Å². The fraction of sp³-hybridized carbons (Fsp3) is 0.385. The fourth-order valence-corrected chi connectivity index (χ4v) is 2.13. The van der Waals surface area contributed by atoms with Crippen LogP contribution in [0, 0.1) is 0 Å². The number of amides is 1. The number of thioether (sulfide) groups is 1. The minimum atomic E-state index is -0.999. The van der Waals surface area contributed by atoms with Gasteiger partial charge in [0.2, 0.25) is 5.91 Å². The molecule has 1 N–H and O–H groups in total. The molecule has 0 aliphatic rings. The summed E-state index contributed by atoms with van der Waals surface area (Å²) in [7, 11) is 1.50. The first-order chi connectivity index (χ1) is 8.52. The van der Waals surface area contributed by atoms with Crippen molar-refractivity contribution in [1.29, 1.82) is 0 Å². The number of benzene rings is 1. The van der Waals surface area contributed by atoms with Crippen LogP contribution >= 0.6 is 11.8 Å². The number of carbonyl (C=O) groups is 2. The maximum absolute atomic E-state index is 11.7. The summed E-state index contributed by atoms with van der Waals surface area (Å²) in [6, 6.07) is 7.77. The summed E-state index contributed by atoms with van der Waals surface area (Å²) in [5.41, 5.74) is 0.901. The molecule has 98 valence electrons. The first-order valence-electron chi connectivity index (χ1n) is 5.70. The number of hydrogen-bond donors (Lipinski definition) is 1. The van der Waals surface area contributed by atoms with E-state index in [0.717, 1.165) is 11.3 Å². The van der Waals surface area contributed by atoms with Gasteiger partial charge in [-0.3, -0.25) is 9.59 Å². The van der Waals surface area contributed by atoms with E-state index in [-0.39, 0.29) is 18.9 Å². The summed E-state index contributed by atoms with van der Waals surface area (Å²) in [5.74, 6) is -0.173. The zero-order valence-electron chi connectivity index (χ0n) is 10.5. The van der Waals surface area contributed by atoms with E-state index in [4.69, 9.17) is 5.11 Å². The predicted molar refractivity (Wildman–Crippen MR) is 71.8 cm³/mol. The van der Waals surface area contributed by atoms with E-state index >= 15 is 0 Å². The highest BCUT2D eigenvalue weighted by Gasteiger charge is 2.12. The molecule has 0 aromatic heterocycles. The zero-order chi connectivity index (χ0) is 13.5. The quantitative estimate of drug-likeness (QED) is 0.800. The summed E-state index contributed by atoms with van der Waals surface area (Å²) in [5, 5.41) is 8.60. The molecule has 18 heavy (non-hydrogen) atoms. The molecule has 5 heteroatoms. The maximum atomic E-state index is 11.7. The van der Waals surface area contributed by atoms with Crippen molar-refractivity contribution >= 4 is 23.6 Å². The molecule has 1 aromatic carbocycles. The van der Waals surface area contributed by atoms with Gasteiger partial charge in [-0.25, -0.2) is 0 Å². The van der Waals surface area contributed by atoms with Crippen LogP contribution in [0.2, 0.25) is 0 Å². The number of aliphatic carboxylic acids is 1. The minimum Gasteiger partial charge on any atom is -0.480 e. The summed E-state index contributed by atoms with van der Waals surface area (Å²) >= 11 is 1.74. The summed E-state index contributed by atoms with van der Waals surface area (Å²) in [6.07, 6.45) is 0.237. The topological polar surface area (TPSA) is 57.6 Å². The Morgan fingerprint density at radius 3 is 2.39 bits per heavy atom. The van der Waals surface area contributed by atoms with Crippen molar-refractivity contribution in [2.45, 2.75) is 18.2 Å². The third-order valence-electron chi connectivity index (χ3n) is 2.39. The smallest absolute Gasteiger partial charge is 0.323 e. The predicted octanol–water partition coefficient (Wildman–Crippen LogP) is 1.88. The molecular formula is C13H17NO3S. The molecule has 0 spiro atoms. The zero-order valence-corrected chi connectivity index (χ0v) is 11.4. The summed E-state index contributed by atoms with van der Waals surface area (Å²) < 4.78 is 0. The van der Waals surface area contributed by atoms with Crippen LogP contribution in [-0.2, 0) is 16.0 Å². The van der Waals surface area contributed by atoms with Crippen LogP contribution < -0.4 is 0 Å². The van der Waals surface area contributed by atoms with Gasteiger partial charge in [-0.15, -0.1) is 11.8 Å². The van der Waals surface area contributed by atoms with E-state index in [1.807, 2.05) is 24.3 Å². The van der Waals surface area contributed by atoms with Crippen molar-refractivity contribution in [2.24, 2.45) is 0 Å². The average Bonchev–Trinajstić information content (AvgIpc) is 2.31. The van der Waals surface area contributed by atoms with Gasteiger partial charge in [0.15, 0.2) is 0 Å². The van der Waals surface area contributed by atoms with Crippen LogP contribution in [0.4, 0.5) is 0 Å². The highest BCUT2D eigenvalue weighted by Crippen LogP contribution is 2.18. The van der Waals surface area contributed by atoms with Crippen molar-refractivity contribution in [2.75, 3.05) is 19.3 Å². The van der Waals surface area contributed by atoms with E-state index in [2.05, 4.69) is 6.92 Å². The molecule has 0 aliphatic heterocycles. The van der Waals surface area contributed by atoms with Gasteiger partial charge in [0.25, 0.3) is 0 Å². The SMILES string of the molecule is CCSc1ccc(CC(=O)N(C)CC(=O)O)cc1. The van der Waals surface area contributed by atoms with Crippen LogP contribution in [0.25, 0.3) is 0 Å². The van der Waals surface area contributed by atoms with Crippen molar-refractivity contribution < 1.29 is 14.7 Å². The molecule has 0 radical (unpaired) electrons. The lowest BCUT2D eigenvalue weighted by molar-refractivity contribution is -0.143. The Bertz CT molecular complexity index is 417. The summed E-state index contributed by atoms with van der Waals surface area (Å²) in [4.78, 5) is 24.6. The van der Waals surface area contributed by atoms with E-state index < -0.39 is 5.97 Å². The molecule has 4 nitrogen and oxygen atoms in total. The van der Waals surface area contributed by atoms with Crippen molar-refractivity contribution in [3.05, 3.63) is 29.8 Å². The lowest BCUT2D eigenvalue weighted by Gasteiger charge is -2.14. The van der Waals surface area contributed by atoms with Crippen molar-refractivity contribution in [3.63, 3.8) is 0 Å². The third-order valence-corrected chi connectivity index (χ3v) is 3.28. The Kier molecular flexibility index (Phi) is 5.71. The molecule has 0 atom stereocenters. The van der Waals surface area contributed by atoms with Gasteiger partial charge in [0, 0.05) is 11.9 Å². The van der Waals surface area contributed by atoms with Gasteiger partial charge in [0.1, 0.15) is 6.54 Å². The van der Waals surface area contributed by atoms with Gasteiger partial charge in [-0.05, 0) is 23.4 Å². The highest BCUT2D eigenvalue weighted by atomic mass is 32.2. The van der Waals surface area contributed by atoms with E-state index in [9.17, 15) is 9.59 Å². The standard InChI is InChI=1S/C13H17NO3S/c1-3-18-11-6-4-10(5-7-11)8-12(15)14(2)9-13(16)17/h4-7H,3,8-9H2,1-2H3,(H,16,17). The van der Waals surface area contributed by atoms with Crippen LogP contribution in [0.1, 0.15) is 12.5 Å². The molecule has 0 aliphatic carbocycles. The molecule has 0 unspecified atom stereocenters. The lowest BCUT2D eigenvalue weighted by atomic mass is 10.1. The minimum absolute atomic E-state index is 0.187. The van der Waals surface area contributed by atoms with E-state index in [1.54, 1.807) is 11.8 Å². The fourth-order valence-electron chi connectivity index (χ4n) is 1.47. The second kappa shape index (κ2) is 7.06. The molecule has 0 saturated heterocycles. The number of carboxylic acid groups (broad SMARTS) is 1. The van der Waals surface area contributed by atoms with Crippen LogP contribution in [0.3, 0.4) is 0 Å². The molecule has 1 rings (SSSR count). The largest absolute Gasteiger partial charge is 0.480 e. The molecular weight excluding hydrogens is 250 g/mol. The normalized spacial score (nSPS) is 10.1. The Labute approximate surface area is 111 Å². The van der Waals surface area contributed by atoms with Gasteiger partial charge >= 0.3 is 5.97 Å². The molecule has 0 bridgehead atoms. The van der Waals surface area contributed by atoms with E-state index in [1.165, 1.54) is 16.8 Å². The Hall–Kier alpha value is -1.49. The van der Waals surface area contributed by atoms with Gasteiger partial charge in [-0.1, -0.05) is 19.1 Å². The van der Waals surface area contributed by atoms with Crippen LogP contribution in [-0.4, -0.2) is 41.2 Å². The first kappa shape index (κ1) is 14.6. The van der Waals surface area contributed by atoms with Crippen LogP contribution in [0.5, 0.6) is 0 Å². The van der Waals surface area contributed by atoms with E-state index in [0.29, 0.717) is 0 Å². The number of carboxylic acids is 1. The maximum Gasteiger partial charge on any atom is 0.323 e. The number of rotatable bonds is 6. The van der Waals surface area contributed by atoms with Crippen LogP contribution in [0.15, 0.2) is 29.2 Å². The number of hydrogen-bond acceptors (Lipinski definition) is 3. The van der Waals surface area contributed by atoms with Gasteiger partial charge in [-0.2, -0.15) is 0 Å². The number of nitrogens with zero attached hydrogens (tertiary/aromatic N) is 1. The Morgan fingerprint density at radius 2 is 1.89 bits per heavy atom. The Balaban J connectivity index is 2.56. The molecule has 1 amide bonds. The van der Waals surface area contributed by atoms with Crippen molar-refractivity contribution in [3.8, 4) is 0 Å². The van der Waals surface area contributed by atoms with Crippen molar-refractivity contribution in [1.82, 2.24) is 4.90 Å². The molecule has 0 fully saturated rings. The third kappa shape index (κ3) is 4.79. The second-order valence-electron chi connectivity index (χ2n) is 3.90. The molecule has 1 aromatic rings. The lowest BCUT2D eigenvalue weighted by Crippen LogP contribution is -2.33. The number of likely N-dealkylation sites (N-methyl/N-ethyl adjacent to an activating group) is 1.